The first-order valence-electron chi connectivity index (χ1n) is 6.98. The minimum atomic E-state index is -0.103. The van der Waals surface area contributed by atoms with Crippen molar-refractivity contribution in [2.45, 2.75) is 58.5 Å². The van der Waals surface area contributed by atoms with Gasteiger partial charge in [-0.2, -0.15) is 0 Å². The van der Waals surface area contributed by atoms with Crippen LogP contribution in [-0.2, 0) is 0 Å². The molecule has 2 rings (SSSR count). The van der Waals surface area contributed by atoms with Crippen molar-refractivity contribution < 1.29 is 4.39 Å². The molecule has 0 aliphatic heterocycles. The average Bonchev–Trinajstić information content (AvgIpc) is 2.32. The van der Waals surface area contributed by atoms with E-state index in [1.165, 1.54) is 31.7 Å². The molecule has 1 aromatic rings. The highest BCUT2D eigenvalue weighted by Crippen LogP contribution is 2.35. The third-order valence-electron chi connectivity index (χ3n) is 4.20. The zero-order valence-corrected chi connectivity index (χ0v) is 11.7. The van der Waals surface area contributed by atoms with E-state index in [1.54, 1.807) is 6.07 Å². The lowest BCUT2D eigenvalue weighted by Gasteiger charge is -2.36. The minimum Gasteiger partial charge on any atom is -0.307 e. The molecule has 1 N–H and O–H groups in total. The Kier molecular flexibility index (Phi) is 4.06. The SMILES string of the molecule is CC(NC1CCC(C)(C)CC1)c1ccccc1F. The number of halogens is 1. The van der Waals surface area contributed by atoms with Gasteiger partial charge in [-0.1, -0.05) is 32.0 Å². The van der Waals surface area contributed by atoms with Gasteiger partial charge in [0, 0.05) is 17.6 Å². The summed E-state index contributed by atoms with van der Waals surface area (Å²) in [5.74, 6) is -0.103. The highest BCUT2D eigenvalue weighted by Gasteiger charge is 2.27. The summed E-state index contributed by atoms with van der Waals surface area (Å²) >= 11 is 0. The molecule has 0 heterocycles. The number of hydrogen-bond acceptors (Lipinski definition) is 1. The van der Waals surface area contributed by atoms with Crippen LogP contribution in [0.3, 0.4) is 0 Å². The second kappa shape index (κ2) is 5.40. The smallest absolute Gasteiger partial charge is 0.127 e. The monoisotopic (exact) mass is 249 g/mol. The molecule has 1 aliphatic rings. The highest BCUT2D eigenvalue weighted by atomic mass is 19.1. The Morgan fingerprint density at radius 2 is 1.83 bits per heavy atom. The topological polar surface area (TPSA) is 12.0 Å². The molecule has 1 aromatic carbocycles. The molecule has 1 atom stereocenters. The second-order valence-electron chi connectivity index (χ2n) is 6.35. The second-order valence-corrected chi connectivity index (χ2v) is 6.35. The van der Waals surface area contributed by atoms with Crippen LogP contribution in [0, 0.1) is 11.2 Å². The van der Waals surface area contributed by atoms with Crippen molar-refractivity contribution in [1.82, 2.24) is 5.32 Å². The van der Waals surface area contributed by atoms with Crippen molar-refractivity contribution in [3.05, 3.63) is 35.6 Å². The molecule has 1 unspecified atom stereocenters. The number of benzene rings is 1. The van der Waals surface area contributed by atoms with E-state index in [4.69, 9.17) is 0 Å². The lowest BCUT2D eigenvalue weighted by atomic mass is 9.75. The maximum Gasteiger partial charge on any atom is 0.127 e. The van der Waals surface area contributed by atoms with Crippen LogP contribution in [0.1, 0.15) is 58.1 Å². The summed E-state index contributed by atoms with van der Waals surface area (Å²) in [6.07, 6.45) is 4.92. The van der Waals surface area contributed by atoms with Crippen LogP contribution in [0.5, 0.6) is 0 Å². The lowest BCUT2D eigenvalue weighted by molar-refractivity contribution is 0.199. The number of hydrogen-bond donors (Lipinski definition) is 1. The molecular formula is C16H24FN. The predicted molar refractivity (Wildman–Crippen MR) is 74.0 cm³/mol. The number of nitrogens with one attached hydrogen (secondary N) is 1. The first-order valence-corrected chi connectivity index (χ1v) is 6.98. The Bertz CT molecular complexity index is 390. The van der Waals surface area contributed by atoms with E-state index in [9.17, 15) is 4.39 Å². The van der Waals surface area contributed by atoms with Gasteiger partial charge in [-0.3, -0.25) is 0 Å². The predicted octanol–water partition coefficient (Wildman–Crippen LogP) is 4.45. The van der Waals surface area contributed by atoms with Crippen molar-refractivity contribution in [2.24, 2.45) is 5.41 Å². The normalized spacial score (nSPS) is 21.8. The molecule has 100 valence electrons. The van der Waals surface area contributed by atoms with Gasteiger partial charge < -0.3 is 5.32 Å². The standard InChI is InChI=1S/C16H24FN/c1-12(14-6-4-5-7-15(14)17)18-13-8-10-16(2,3)11-9-13/h4-7,12-13,18H,8-11H2,1-3H3. The molecule has 1 fully saturated rings. The third-order valence-corrected chi connectivity index (χ3v) is 4.20. The van der Waals surface area contributed by atoms with Gasteiger partial charge in [-0.05, 0) is 44.1 Å². The van der Waals surface area contributed by atoms with E-state index in [2.05, 4.69) is 26.1 Å². The molecule has 0 spiro atoms. The number of rotatable bonds is 3. The van der Waals surface area contributed by atoms with E-state index in [-0.39, 0.29) is 11.9 Å². The van der Waals surface area contributed by atoms with Gasteiger partial charge in [0.15, 0.2) is 0 Å². The zero-order valence-electron chi connectivity index (χ0n) is 11.7. The summed E-state index contributed by atoms with van der Waals surface area (Å²) in [7, 11) is 0. The van der Waals surface area contributed by atoms with Gasteiger partial charge in [0.1, 0.15) is 5.82 Å². The van der Waals surface area contributed by atoms with E-state index in [0.717, 1.165) is 5.56 Å². The Balaban J connectivity index is 1.93. The molecule has 0 bridgehead atoms. The molecular weight excluding hydrogens is 225 g/mol. The van der Waals surface area contributed by atoms with Gasteiger partial charge in [0.05, 0.1) is 0 Å². The molecule has 1 saturated carbocycles. The zero-order chi connectivity index (χ0) is 13.2. The first-order chi connectivity index (χ1) is 8.48. The summed E-state index contributed by atoms with van der Waals surface area (Å²) in [6.45, 7) is 6.73. The van der Waals surface area contributed by atoms with Gasteiger partial charge in [-0.15, -0.1) is 0 Å². The first kappa shape index (κ1) is 13.5. The van der Waals surface area contributed by atoms with Gasteiger partial charge in [-0.25, -0.2) is 4.39 Å². The molecule has 1 aliphatic carbocycles. The summed E-state index contributed by atoms with van der Waals surface area (Å²) in [4.78, 5) is 0. The van der Waals surface area contributed by atoms with Crippen LogP contribution >= 0.6 is 0 Å². The quantitative estimate of drug-likeness (QED) is 0.834. The van der Waals surface area contributed by atoms with Crippen LogP contribution in [0.2, 0.25) is 0 Å². The maximum absolute atomic E-state index is 13.7. The van der Waals surface area contributed by atoms with Crippen LogP contribution in [0.15, 0.2) is 24.3 Å². The molecule has 0 radical (unpaired) electrons. The Labute approximate surface area is 110 Å². The average molecular weight is 249 g/mol. The van der Waals surface area contributed by atoms with Crippen molar-refractivity contribution in [2.75, 3.05) is 0 Å². The Hall–Kier alpha value is -0.890. The summed E-state index contributed by atoms with van der Waals surface area (Å²) in [6, 6.07) is 7.69. The molecule has 18 heavy (non-hydrogen) atoms. The van der Waals surface area contributed by atoms with Crippen molar-refractivity contribution in [1.29, 1.82) is 0 Å². The van der Waals surface area contributed by atoms with Gasteiger partial charge in [0.2, 0.25) is 0 Å². The molecule has 1 nitrogen and oxygen atoms in total. The summed E-state index contributed by atoms with van der Waals surface area (Å²) < 4.78 is 13.7. The maximum atomic E-state index is 13.7. The summed E-state index contributed by atoms with van der Waals surface area (Å²) in [5.41, 5.74) is 1.27. The highest BCUT2D eigenvalue weighted by molar-refractivity contribution is 5.20. The van der Waals surface area contributed by atoms with Crippen LogP contribution < -0.4 is 5.32 Å². The fraction of sp³-hybridized carbons (Fsp3) is 0.625. The largest absolute Gasteiger partial charge is 0.307 e. The van der Waals surface area contributed by atoms with E-state index in [1.807, 2.05) is 12.1 Å². The lowest BCUT2D eigenvalue weighted by Crippen LogP contribution is -2.37. The molecule has 0 saturated heterocycles. The van der Waals surface area contributed by atoms with E-state index in [0.29, 0.717) is 11.5 Å². The molecule has 2 heteroatoms. The van der Waals surface area contributed by atoms with Gasteiger partial charge in [0.25, 0.3) is 0 Å². The van der Waals surface area contributed by atoms with Crippen molar-refractivity contribution in [3.8, 4) is 0 Å². The molecule has 0 aromatic heterocycles. The fourth-order valence-corrected chi connectivity index (χ4v) is 2.84. The minimum absolute atomic E-state index is 0.0948. The van der Waals surface area contributed by atoms with E-state index >= 15 is 0 Å². The van der Waals surface area contributed by atoms with Crippen LogP contribution in [-0.4, -0.2) is 6.04 Å². The van der Waals surface area contributed by atoms with Crippen molar-refractivity contribution in [3.63, 3.8) is 0 Å². The van der Waals surface area contributed by atoms with E-state index < -0.39 is 0 Å². The van der Waals surface area contributed by atoms with Crippen molar-refractivity contribution >= 4 is 0 Å². The van der Waals surface area contributed by atoms with Crippen LogP contribution in [0.25, 0.3) is 0 Å². The fourth-order valence-electron chi connectivity index (χ4n) is 2.84. The molecule has 0 amide bonds. The Morgan fingerprint density at radius 3 is 2.44 bits per heavy atom. The van der Waals surface area contributed by atoms with Gasteiger partial charge >= 0.3 is 0 Å². The van der Waals surface area contributed by atoms with Crippen LogP contribution in [0.4, 0.5) is 4.39 Å². The third kappa shape index (κ3) is 3.32. The Morgan fingerprint density at radius 1 is 1.22 bits per heavy atom. The summed E-state index contributed by atoms with van der Waals surface area (Å²) in [5, 5.41) is 3.57.